The highest BCUT2D eigenvalue weighted by atomic mass is 35.5. The van der Waals surface area contributed by atoms with Crippen molar-refractivity contribution in [2.75, 3.05) is 0 Å². The molecule has 0 amide bonds. The van der Waals surface area contributed by atoms with Gasteiger partial charge in [-0.3, -0.25) is 0 Å². The van der Waals surface area contributed by atoms with E-state index >= 15 is 0 Å². The van der Waals surface area contributed by atoms with Crippen molar-refractivity contribution in [3.05, 3.63) is 34.6 Å². The molecule has 0 unspecified atom stereocenters. The minimum Gasteiger partial charge on any atom is -0.391 e. The maximum Gasteiger partial charge on any atom is 0.125 e. The molecule has 1 aliphatic rings. The minimum atomic E-state index is -0.605. The largest absolute Gasteiger partial charge is 0.391 e. The van der Waals surface area contributed by atoms with Gasteiger partial charge in [0.15, 0.2) is 0 Å². The zero-order chi connectivity index (χ0) is 11.7. The van der Waals surface area contributed by atoms with Crippen LogP contribution in [0.4, 0.5) is 4.39 Å². The summed E-state index contributed by atoms with van der Waals surface area (Å²) in [6.07, 6.45) is 2.53. The average Bonchev–Trinajstić information content (AvgIpc) is 2.12. The highest BCUT2D eigenvalue weighted by molar-refractivity contribution is 6.30. The van der Waals surface area contributed by atoms with Crippen molar-refractivity contribution in [1.29, 1.82) is 0 Å². The summed E-state index contributed by atoms with van der Waals surface area (Å²) in [7, 11) is 0. The summed E-state index contributed by atoms with van der Waals surface area (Å²) in [6, 6.07) is 3.61. The number of halogens is 3. The van der Waals surface area contributed by atoms with Gasteiger partial charge < -0.3 is 10.8 Å². The third-order valence-electron chi connectivity index (χ3n) is 3.27. The summed E-state index contributed by atoms with van der Waals surface area (Å²) in [5.41, 5.74) is 6.47. The van der Waals surface area contributed by atoms with Gasteiger partial charge in [-0.2, -0.15) is 0 Å². The SMILES string of the molecule is Cl.N[C@H](c1cc(F)cc(Cl)c1)[C@@H](O)C1CCC1. The summed E-state index contributed by atoms with van der Waals surface area (Å²) in [4.78, 5) is 0. The Hall–Kier alpha value is -0.350. The van der Waals surface area contributed by atoms with Crippen LogP contribution in [0.1, 0.15) is 30.9 Å². The number of aliphatic hydroxyl groups is 1. The van der Waals surface area contributed by atoms with Crippen LogP contribution in [0.25, 0.3) is 0 Å². The molecule has 17 heavy (non-hydrogen) atoms. The van der Waals surface area contributed by atoms with Crippen LogP contribution in [-0.2, 0) is 0 Å². The second-order valence-electron chi connectivity index (χ2n) is 4.41. The van der Waals surface area contributed by atoms with Gasteiger partial charge in [-0.25, -0.2) is 4.39 Å². The quantitative estimate of drug-likeness (QED) is 0.893. The molecule has 0 aromatic heterocycles. The standard InChI is InChI=1S/C12H15ClFNO.ClH/c13-9-4-8(5-10(14)6-9)11(15)12(16)7-2-1-3-7;/h4-7,11-12,16H,1-3,15H2;1H/t11-,12+;/m1./s1. The van der Waals surface area contributed by atoms with E-state index in [1.54, 1.807) is 6.07 Å². The summed E-state index contributed by atoms with van der Waals surface area (Å²) < 4.78 is 13.1. The van der Waals surface area contributed by atoms with Crippen LogP contribution in [0.2, 0.25) is 5.02 Å². The molecule has 2 atom stereocenters. The summed E-state index contributed by atoms with van der Waals surface area (Å²) in [5.74, 6) is -0.171. The van der Waals surface area contributed by atoms with Gasteiger partial charge in [0.05, 0.1) is 12.1 Å². The van der Waals surface area contributed by atoms with Gasteiger partial charge in [0.1, 0.15) is 5.82 Å². The second-order valence-corrected chi connectivity index (χ2v) is 4.85. The monoisotopic (exact) mass is 279 g/mol. The molecule has 0 spiro atoms. The number of hydrogen-bond donors (Lipinski definition) is 2. The molecule has 1 aromatic rings. The first kappa shape index (κ1) is 14.7. The van der Waals surface area contributed by atoms with Crippen molar-refractivity contribution in [1.82, 2.24) is 0 Å². The topological polar surface area (TPSA) is 46.2 Å². The van der Waals surface area contributed by atoms with Crippen LogP contribution in [0.15, 0.2) is 18.2 Å². The summed E-state index contributed by atoms with van der Waals surface area (Å²) in [6.45, 7) is 0. The predicted molar refractivity (Wildman–Crippen MR) is 68.9 cm³/mol. The maximum atomic E-state index is 13.1. The number of hydrogen-bond acceptors (Lipinski definition) is 2. The number of rotatable bonds is 3. The highest BCUT2D eigenvalue weighted by Gasteiger charge is 2.30. The molecule has 1 fully saturated rings. The van der Waals surface area contributed by atoms with Gasteiger partial charge >= 0.3 is 0 Å². The molecule has 2 nitrogen and oxygen atoms in total. The molecular formula is C12H16Cl2FNO. The highest BCUT2D eigenvalue weighted by Crippen LogP contribution is 2.34. The van der Waals surface area contributed by atoms with Crippen LogP contribution in [0, 0.1) is 11.7 Å². The zero-order valence-electron chi connectivity index (χ0n) is 9.27. The maximum absolute atomic E-state index is 13.1. The van der Waals surface area contributed by atoms with E-state index in [-0.39, 0.29) is 18.3 Å². The van der Waals surface area contributed by atoms with Crippen LogP contribution >= 0.6 is 24.0 Å². The first-order valence-electron chi connectivity index (χ1n) is 5.47. The Morgan fingerprint density at radius 3 is 2.47 bits per heavy atom. The molecule has 96 valence electrons. The number of aliphatic hydroxyl groups excluding tert-OH is 1. The fraction of sp³-hybridized carbons (Fsp3) is 0.500. The van der Waals surface area contributed by atoms with Crippen molar-refractivity contribution < 1.29 is 9.50 Å². The van der Waals surface area contributed by atoms with Gasteiger partial charge in [-0.1, -0.05) is 18.0 Å². The molecule has 3 N–H and O–H groups in total. The molecule has 0 saturated heterocycles. The molecule has 2 rings (SSSR count). The molecule has 1 aromatic carbocycles. The van der Waals surface area contributed by atoms with Crippen molar-refractivity contribution in [2.24, 2.45) is 11.7 Å². The van der Waals surface area contributed by atoms with Crippen molar-refractivity contribution in [3.8, 4) is 0 Å². The van der Waals surface area contributed by atoms with Gasteiger partial charge in [-0.05, 0) is 42.5 Å². The van der Waals surface area contributed by atoms with E-state index in [9.17, 15) is 9.50 Å². The van der Waals surface area contributed by atoms with E-state index in [2.05, 4.69) is 0 Å². The number of benzene rings is 1. The average molecular weight is 280 g/mol. The summed E-state index contributed by atoms with van der Waals surface area (Å²) in [5, 5.41) is 10.3. The first-order chi connectivity index (χ1) is 7.58. The van der Waals surface area contributed by atoms with E-state index in [0.717, 1.165) is 19.3 Å². The van der Waals surface area contributed by atoms with E-state index in [1.807, 2.05) is 0 Å². The van der Waals surface area contributed by atoms with Gasteiger partial charge in [0.2, 0.25) is 0 Å². The van der Waals surface area contributed by atoms with Crippen LogP contribution in [0.3, 0.4) is 0 Å². The van der Waals surface area contributed by atoms with Gasteiger partial charge in [0.25, 0.3) is 0 Å². The molecular weight excluding hydrogens is 264 g/mol. The van der Waals surface area contributed by atoms with E-state index < -0.39 is 18.0 Å². The summed E-state index contributed by atoms with van der Waals surface area (Å²) >= 11 is 5.75. The fourth-order valence-electron chi connectivity index (χ4n) is 2.04. The third-order valence-corrected chi connectivity index (χ3v) is 3.49. The third kappa shape index (κ3) is 3.32. The lowest BCUT2D eigenvalue weighted by Crippen LogP contribution is -2.36. The minimum absolute atomic E-state index is 0. The second kappa shape index (κ2) is 6.01. The molecule has 5 heteroatoms. The first-order valence-corrected chi connectivity index (χ1v) is 5.85. The Labute approximate surface area is 111 Å². The van der Waals surface area contributed by atoms with Crippen LogP contribution in [0.5, 0.6) is 0 Å². The van der Waals surface area contributed by atoms with E-state index in [0.29, 0.717) is 10.6 Å². The van der Waals surface area contributed by atoms with Gasteiger partial charge in [0, 0.05) is 5.02 Å². The zero-order valence-corrected chi connectivity index (χ0v) is 10.8. The Bertz CT molecular complexity index is 365. The molecule has 0 heterocycles. The fourth-order valence-corrected chi connectivity index (χ4v) is 2.27. The Morgan fingerprint density at radius 1 is 1.35 bits per heavy atom. The van der Waals surface area contributed by atoms with Crippen molar-refractivity contribution >= 4 is 24.0 Å². The molecule has 1 aliphatic carbocycles. The smallest absolute Gasteiger partial charge is 0.125 e. The van der Waals surface area contributed by atoms with Crippen LogP contribution < -0.4 is 5.73 Å². The van der Waals surface area contributed by atoms with Crippen molar-refractivity contribution in [2.45, 2.75) is 31.4 Å². The lowest BCUT2D eigenvalue weighted by molar-refractivity contribution is 0.0413. The lowest BCUT2D eigenvalue weighted by atomic mass is 9.77. The molecule has 0 bridgehead atoms. The molecule has 1 saturated carbocycles. The molecule has 0 radical (unpaired) electrons. The lowest BCUT2D eigenvalue weighted by Gasteiger charge is -2.33. The van der Waals surface area contributed by atoms with Gasteiger partial charge in [-0.15, -0.1) is 12.4 Å². The van der Waals surface area contributed by atoms with E-state index in [4.69, 9.17) is 17.3 Å². The predicted octanol–water partition coefficient (Wildman–Crippen LogP) is 3.06. The normalized spacial score (nSPS) is 19.1. The van der Waals surface area contributed by atoms with Crippen LogP contribution in [-0.4, -0.2) is 11.2 Å². The Morgan fingerprint density at radius 2 is 2.00 bits per heavy atom. The van der Waals surface area contributed by atoms with Crippen molar-refractivity contribution in [3.63, 3.8) is 0 Å². The van der Waals surface area contributed by atoms with E-state index in [1.165, 1.54) is 12.1 Å². The Balaban J connectivity index is 0.00000144. The number of nitrogens with two attached hydrogens (primary N) is 1. The Kier molecular flexibility index (Phi) is 5.20. The molecule has 0 aliphatic heterocycles.